The molecule has 0 atom stereocenters. The van der Waals surface area contributed by atoms with Crippen LogP contribution in [0, 0.1) is 0 Å². The molecule has 0 radical (unpaired) electrons. The Bertz CT molecular complexity index is 377. The lowest BCUT2D eigenvalue weighted by Gasteiger charge is -1.99. The first-order chi connectivity index (χ1) is 6.65. The maximum absolute atomic E-state index is 10.8. The Morgan fingerprint density at radius 1 is 1.43 bits per heavy atom. The molecule has 5 heteroatoms. The van der Waals surface area contributed by atoms with E-state index in [2.05, 4.69) is 0 Å². The third-order valence-corrected chi connectivity index (χ3v) is 2.37. The van der Waals surface area contributed by atoms with Gasteiger partial charge < -0.3 is 0 Å². The molecule has 0 spiro atoms. The van der Waals surface area contributed by atoms with E-state index in [0.29, 0.717) is 15.6 Å². The lowest BCUT2D eigenvalue weighted by molar-refractivity contribution is -0.116. The molecule has 1 amide bonds. The van der Waals surface area contributed by atoms with Gasteiger partial charge in [-0.25, -0.2) is 5.84 Å². The summed E-state index contributed by atoms with van der Waals surface area (Å²) >= 11 is 11.6. The fourth-order valence-electron chi connectivity index (χ4n) is 0.863. The van der Waals surface area contributed by atoms with E-state index in [9.17, 15) is 4.79 Å². The minimum absolute atomic E-state index is 0.402. The van der Waals surface area contributed by atoms with Gasteiger partial charge in [0.2, 0.25) is 0 Å². The van der Waals surface area contributed by atoms with E-state index >= 15 is 0 Å². The number of carbonyl (C=O) groups is 1. The zero-order chi connectivity index (χ0) is 10.6. The molecule has 1 aromatic carbocycles. The van der Waals surface area contributed by atoms with Crippen LogP contribution in [0.15, 0.2) is 24.3 Å². The van der Waals surface area contributed by atoms with Gasteiger partial charge >= 0.3 is 0 Å². The molecule has 74 valence electrons. The second kappa shape index (κ2) is 5.00. The van der Waals surface area contributed by atoms with Crippen molar-refractivity contribution in [1.82, 2.24) is 5.43 Å². The summed E-state index contributed by atoms with van der Waals surface area (Å²) in [4.78, 5) is 10.8. The molecule has 1 rings (SSSR count). The van der Waals surface area contributed by atoms with Crippen molar-refractivity contribution in [2.24, 2.45) is 5.84 Å². The lowest BCUT2D eigenvalue weighted by Crippen LogP contribution is -2.27. The standard InChI is InChI=1S/C9H8Cl2N2O/c10-7-3-1-2-6(9(7)11)4-5-8(14)13-12/h1-5H,12H2,(H,13,14). The van der Waals surface area contributed by atoms with Crippen molar-refractivity contribution in [3.63, 3.8) is 0 Å². The minimum atomic E-state index is -0.402. The SMILES string of the molecule is NNC(=O)C=Cc1cccc(Cl)c1Cl. The molecule has 0 aliphatic heterocycles. The summed E-state index contributed by atoms with van der Waals surface area (Å²) in [6.07, 6.45) is 2.81. The van der Waals surface area contributed by atoms with E-state index < -0.39 is 5.91 Å². The highest BCUT2D eigenvalue weighted by Gasteiger charge is 2.00. The number of nitrogens with two attached hydrogens (primary N) is 1. The van der Waals surface area contributed by atoms with Gasteiger partial charge in [0.1, 0.15) is 0 Å². The molecule has 0 bridgehead atoms. The Morgan fingerprint density at radius 3 is 2.79 bits per heavy atom. The molecule has 0 unspecified atom stereocenters. The Kier molecular flexibility index (Phi) is 3.95. The van der Waals surface area contributed by atoms with Crippen molar-refractivity contribution in [1.29, 1.82) is 0 Å². The summed E-state index contributed by atoms with van der Waals surface area (Å²) in [6.45, 7) is 0. The highest BCUT2D eigenvalue weighted by atomic mass is 35.5. The van der Waals surface area contributed by atoms with Gasteiger partial charge in [0.05, 0.1) is 10.0 Å². The number of amides is 1. The Labute approximate surface area is 91.5 Å². The summed E-state index contributed by atoms with van der Waals surface area (Å²) in [7, 11) is 0. The highest BCUT2D eigenvalue weighted by Crippen LogP contribution is 2.26. The number of carbonyl (C=O) groups excluding carboxylic acids is 1. The number of benzene rings is 1. The van der Waals surface area contributed by atoms with Gasteiger partial charge in [0.25, 0.3) is 5.91 Å². The van der Waals surface area contributed by atoms with E-state index in [1.165, 1.54) is 12.2 Å². The van der Waals surface area contributed by atoms with Gasteiger partial charge in [0, 0.05) is 6.08 Å². The van der Waals surface area contributed by atoms with E-state index in [0.717, 1.165) is 0 Å². The molecule has 1 aromatic rings. The number of rotatable bonds is 2. The van der Waals surface area contributed by atoms with Crippen molar-refractivity contribution in [2.45, 2.75) is 0 Å². The van der Waals surface area contributed by atoms with Crippen LogP contribution >= 0.6 is 23.2 Å². The molecule has 0 aliphatic carbocycles. The van der Waals surface area contributed by atoms with Crippen LogP contribution in [0.4, 0.5) is 0 Å². The summed E-state index contributed by atoms with van der Waals surface area (Å²) < 4.78 is 0. The molecule has 0 fully saturated rings. The average molecular weight is 231 g/mol. The highest BCUT2D eigenvalue weighted by molar-refractivity contribution is 6.42. The van der Waals surface area contributed by atoms with Crippen LogP contribution < -0.4 is 11.3 Å². The van der Waals surface area contributed by atoms with Crippen molar-refractivity contribution in [3.05, 3.63) is 39.9 Å². The molecule has 3 N–H and O–H groups in total. The lowest BCUT2D eigenvalue weighted by atomic mass is 10.2. The number of hydrogen-bond acceptors (Lipinski definition) is 2. The third kappa shape index (κ3) is 2.73. The molecular weight excluding hydrogens is 223 g/mol. The van der Waals surface area contributed by atoms with E-state index in [1.54, 1.807) is 18.2 Å². The molecule has 0 saturated carbocycles. The second-order valence-electron chi connectivity index (χ2n) is 2.48. The van der Waals surface area contributed by atoms with Crippen LogP contribution in [0.5, 0.6) is 0 Å². The van der Waals surface area contributed by atoms with Crippen LogP contribution in [-0.4, -0.2) is 5.91 Å². The number of halogens is 2. The van der Waals surface area contributed by atoms with Crippen LogP contribution in [0.1, 0.15) is 5.56 Å². The molecule has 0 saturated heterocycles. The van der Waals surface area contributed by atoms with Crippen LogP contribution in [0.3, 0.4) is 0 Å². The first-order valence-corrected chi connectivity index (χ1v) is 4.53. The number of hydrazine groups is 1. The summed E-state index contributed by atoms with van der Waals surface area (Å²) in [5, 5.41) is 0.859. The van der Waals surface area contributed by atoms with Gasteiger partial charge in [-0.1, -0.05) is 35.3 Å². The van der Waals surface area contributed by atoms with Gasteiger partial charge in [-0.15, -0.1) is 0 Å². The van der Waals surface area contributed by atoms with Gasteiger partial charge in [-0.05, 0) is 17.7 Å². The molecule has 0 aliphatic rings. The third-order valence-electron chi connectivity index (χ3n) is 1.54. The zero-order valence-corrected chi connectivity index (χ0v) is 8.64. The van der Waals surface area contributed by atoms with Gasteiger partial charge in [-0.2, -0.15) is 0 Å². The van der Waals surface area contributed by atoms with Crippen molar-refractivity contribution < 1.29 is 4.79 Å². The molecule has 14 heavy (non-hydrogen) atoms. The van der Waals surface area contributed by atoms with Crippen LogP contribution in [0.2, 0.25) is 10.0 Å². The van der Waals surface area contributed by atoms with E-state index in [4.69, 9.17) is 29.0 Å². The predicted octanol–water partition coefficient (Wildman–Crippen LogP) is 2.00. The fraction of sp³-hybridized carbons (Fsp3) is 0. The average Bonchev–Trinajstić information content (AvgIpc) is 2.20. The molecule has 3 nitrogen and oxygen atoms in total. The monoisotopic (exact) mass is 230 g/mol. The largest absolute Gasteiger partial charge is 0.291 e. The van der Waals surface area contributed by atoms with E-state index in [-0.39, 0.29) is 0 Å². The molecular formula is C9H8Cl2N2O. The van der Waals surface area contributed by atoms with E-state index in [1.807, 2.05) is 5.43 Å². The van der Waals surface area contributed by atoms with Crippen molar-refractivity contribution in [3.8, 4) is 0 Å². The number of nitrogens with one attached hydrogen (secondary N) is 1. The normalized spacial score (nSPS) is 10.5. The fourth-order valence-corrected chi connectivity index (χ4v) is 1.23. The maximum Gasteiger partial charge on any atom is 0.257 e. The Morgan fingerprint density at radius 2 is 2.14 bits per heavy atom. The maximum atomic E-state index is 10.8. The minimum Gasteiger partial charge on any atom is -0.291 e. The first-order valence-electron chi connectivity index (χ1n) is 3.78. The second-order valence-corrected chi connectivity index (χ2v) is 3.27. The number of hydrogen-bond donors (Lipinski definition) is 2. The summed E-state index contributed by atoms with van der Waals surface area (Å²) in [5.74, 6) is 4.49. The first kappa shape index (κ1) is 11.0. The summed E-state index contributed by atoms with van der Waals surface area (Å²) in [5.41, 5.74) is 2.64. The molecule has 0 aromatic heterocycles. The van der Waals surface area contributed by atoms with Gasteiger partial charge in [0.15, 0.2) is 0 Å². The topological polar surface area (TPSA) is 55.1 Å². The van der Waals surface area contributed by atoms with Crippen molar-refractivity contribution >= 4 is 35.2 Å². The summed E-state index contributed by atoms with van der Waals surface area (Å²) in [6, 6.07) is 5.16. The van der Waals surface area contributed by atoms with Gasteiger partial charge in [-0.3, -0.25) is 10.2 Å². The smallest absolute Gasteiger partial charge is 0.257 e. The van der Waals surface area contributed by atoms with Crippen LogP contribution in [-0.2, 0) is 4.79 Å². The predicted molar refractivity (Wildman–Crippen MR) is 57.8 cm³/mol. The Balaban J connectivity index is 2.92. The van der Waals surface area contributed by atoms with Crippen molar-refractivity contribution in [2.75, 3.05) is 0 Å². The quantitative estimate of drug-likeness (QED) is 0.354. The Hall–Kier alpha value is -1.03. The molecule has 0 heterocycles. The van der Waals surface area contributed by atoms with Crippen LogP contribution in [0.25, 0.3) is 6.08 Å². The zero-order valence-electron chi connectivity index (χ0n) is 7.13.